The van der Waals surface area contributed by atoms with E-state index in [-0.39, 0.29) is 17.4 Å². The Labute approximate surface area is 203 Å². The van der Waals surface area contributed by atoms with Gasteiger partial charge < -0.3 is 14.2 Å². The predicted octanol–water partition coefficient (Wildman–Crippen LogP) is 5.15. The number of ether oxygens (including phenoxy) is 3. The summed E-state index contributed by atoms with van der Waals surface area (Å²) in [7, 11) is 0. The van der Waals surface area contributed by atoms with Crippen molar-refractivity contribution in [2.45, 2.75) is 19.4 Å². The number of aryl methyl sites for hydroxylation is 1. The number of morpholine rings is 1. The summed E-state index contributed by atoms with van der Waals surface area (Å²) < 4.78 is 17.3. The lowest BCUT2D eigenvalue weighted by Gasteiger charge is -2.43. The lowest BCUT2D eigenvalue weighted by Crippen LogP contribution is -2.49. The second kappa shape index (κ2) is 8.22. The van der Waals surface area contributed by atoms with Gasteiger partial charge in [0.1, 0.15) is 0 Å². The van der Waals surface area contributed by atoms with Crippen LogP contribution in [0.2, 0.25) is 0 Å². The van der Waals surface area contributed by atoms with Crippen molar-refractivity contribution in [3.05, 3.63) is 98.6 Å². The molecule has 0 radical (unpaired) electrons. The molecule has 0 saturated carbocycles. The minimum Gasteiger partial charge on any atom is -0.454 e. The molecule has 1 atom stereocenters. The number of non-ortho nitro benzene ring substituents is 1. The van der Waals surface area contributed by atoms with Crippen LogP contribution in [0.4, 0.5) is 5.69 Å². The van der Waals surface area contributed by atoms with Crippen molar-refractivity contribution in [3.63, 3.8) is 0 Å². The number of rotatable bonds is 4. The SMILES string of the molecule is Cc1ccc(C2=C(c3ccc([N+](=O)[O-])cc3)C(C)(N3CCOCC3)c3cc4c(cc32)OCO4)cc1. The molecule has 0 spiro atoms. The minimum absolute atomic E-state index is 0.0793. The largest absolute Gasteiger partial charge is 0.454 e. The molecule has 2 heterocycles. The second-order valence-electron chi connectivity index (χ2n) is 9.34. The highest BCUT2D eigenvalue weighted by atomic mass is 16.7. The van der Waals surface area contributed by atoms with Crippen molar-refractivity contribution in [1.82, 2.24) is 4.90 Å². The van der Waals surface area contributed by atoms with Gasteiger partial charge in [0, 0.05) is 25.2 Å². The molecule has 35 heavy (non-hydrogen) atoms. The van der Waals surface area contributed by atoms with Crippen molar-refractivity contribution in [1.29, 1.82) is 0 Å². The fraction of sp³-hybridized carbons (Fsp3) is 0.286. The molecule has 1 unspecified atom stereocenters. The maximum absolute atomic E-state index is 11.4. The molecule has 178 valence electrons. The first-order valence-corrected chi connectivity index (χ1v) is 11.8. The molecule has 0 amide bonds. The molecule has 1 aliphatic carbocycles. The summed E-state index contributed by atoms with van der Waals surface area (Å²) in [5.74, 6) is 1.49. The Hall–Kier alpha value is -3.68. The summed E-state index contributed by atoms with van der Waals surface area (Å²) in [6, 6.07) is 19.6. The molecule has 1 saturated heterocycles. The van der Waals surface area contributed by atoms with Crippen molar-refractivity contribution >= 4 is 16.8 Å². The first kappa shape index (κ1) is 21.8. The number of nitro groups is 1. The van der Waals surface area contributed by atoms with E-state index in [0.717, 1.165) is 58.0 Å². The predicted molar refractivity (Wildman–Crippen MR) is 133 cm³/mol. The normalized spacial score (nSPS) is 21.3. The van der Waals surface area contributed by atoms with Crippen LogP contribution in [-0.4, -0.2) is 42.9 Å². The van der Waals surface area contributed by atoms with Gasteiger partial charge >= 0.3 is 0 Å². The molecule has 7 nitrogen and oxygen atoms in total. The minimum atomic E-state index is -0.490. The average molecular weight is 471 g/mol. The summed E-state index contributed by atoms with van der Waals surface area (Å²) in [6.45, 7) is 7.41. The van der Waals surface area contributed by atoms with E-state index < -0.39 is 5.54 Å². The summed E-state index contributed by atoms with van der Waals surface area (Å²) in [6.07, 6.45) is 0. The number of benzene rings is 3. The third-order valence-electron chi connectivity index (χ3n) is 7.39. The van der Waals surface area contributed by atoms with Gasteiger partial charge in [0.25, 0.3) is 5.69 Å². The molecule has 0 bridgehead atoms. The van der Waals surface area contributed by atoms with E-state index in [9.17, 15) is 10.1 Å². The molecular formula is C28H26N2O5. The zero-order valence-corrected chi connectivity index (χ0v) is 19.7. The highest BCUT2D eigenvalue weighted by Gasteiger charge is 2.48. The van der Waals surface area contributed by atoms with Crippen molar-refractivity contribution in [2.75, 3.05) is 33.1 Å². The third kappa shape index (κ3) is 3.42. The van der Waals surface area contributed by atoms with Gasteiger partial charge in [-0.25, -0.2) is 0 Å². The molecule has 1 fully saturated rings. The second-order valence-corrected chi connectivity index (χ2v) is 9.34. The summed E-state index contributed by atoms with van der Waals surface area (Å²) in [5.41, 5.74) is 7.31. The fourth-order valence-corrected chi connectivity index (χ4v) is 5.60. The fourth-order valence-electron chi connectivity index (χ4n) is 5.60. The Morgan fingerprint density at radius 1 is 0.914 bits per heavy atom. The van der Waals surface area contributed by atoms with Gasteiger partial charge in [-0.1, -0.05) is 29.8 Å². The first-order chi connectivity index (χ1) is 17.0. The van der Waals surface area contributed by atoms with Crippen molar-refractivity contribution in [3.8, 4) is 11.5 Å². The lowest BCUT2D eigenvalue weighted by molar-refractivity contribution is -0.384. The van der Waals surface area contributed by atoms with E-state index in [1.165, 1.54) is 5.56 Å². The van der Waals surface area contributed by atoms with E-state index in [1.807, 2.05) is 12.1 Å². The van der Waals surface area contributed by atoms with Gasteiger partial charge in [-0.15, -0.1) is 0 Å². The maximum Gasteiger partial charge on any atom is 0.269 e. The molecular weight excluding hydrogens is 444 g/mol. The first-order valence-electron chi connectivity index (χ1n) is 11.8. The summed E-state index contributed by atoms with van der Waals surface area (Å²) in [4.78, 5) is 13.5. The Bertz CT molecular complexity index is 1340. The Morgan fingerprint density at radius 3 is 2.20 bits per heavy atom. The van der Waals surface area contributed by atoms with Crippen LogP contribution in [0.3, 0.4) is 0 Å². The zero-order valence-electron chi connectivity index (χ0n) is 19.7. The smallest absolute Gasteiger partial charge is 0.269 e. The molecule has 3 aliphatic rings. The molecule has 2 aliphatic heterocycles. The Balaban J connectivity index is 1.66. The van der Waals surface area contributed by atoms with Crippen LogP contribution < -0.4 is 9.47 Å². The number of fused-ring (bicyclic) bond motifs is 2. The van der Waals surface area contributed by atoms with Gasteiger partial charge in [0.2, 0.25) is 6.79 Å². The highest BCUT2D eigenvalue weighted by Crippen LogP contribution is 2.57. The summed E-state index contributed by atoms with van der Waals surface area (Å²) in [5, 5.41) is 11.4. The third-order valence-corrected chi connectivity index (χ3v) is 7.39. The van der Waals surface area contributed by atoms with E-state index in [0.29, 0.717) is 13.2 Å². The van der Waals surface area contributed by atoms with Crippen LogP contribution in [0.25, 0.3) is 11.1 Å². The standard InChI is InChI=1S/C28H26N2O5/c1-18-3-5-19(6-4-18)26-22-15-24-25(35-17-34-24)16-23(22)28(2,29-11-13-33-14-12-29)27(26)20-7-9-21(10-8-20)30(31)32/h3-10,15-16H,11-14,17H2,1-2H3. The quantitative estimate of drug-likeness (QED) is 0.388. The van der Waals surface area contributed by atoms with Crippen molar-refractivity contribution in [2.24, 2.45) is 0 Å². The molecule has 3 aromatic carbocycles. The molecule has 6 rings (SSSR count). The van der Waals surface area contributed by atoms with E-state index in [4.69, 9.17) is 14.2 Å². The number of nitro benzene ring substituents is 1. The van der Waals surface area contributed by atoms with Crippen LogP contribution in [0.5, 0.6) is 11.5 Å². The van der Waals surface area contributed by atoms with Crippen LogP contribution in [0, 0.1) is 17.0 Å². The number of nitrogens with zero attached hydrogens (tertiary/aromatic N) is 2. The zero-order chi connectivity index (χ0) is 24.2. The highest BCUT2D eigenvalue weighted by molar-refractivity contribution is 6.07. The van der Waals surface area contributed by atoms with Crippen LogP contribution in [0.1, 0.15) is 34.7 Å². The summed E-state index contributed by atoms with van der Waals surface area (Å²) >= 11 is 0. The van der Waals surface area contributed by atoms with Crippen LogP contribution in [0.15, 0.2) is 60.7 Å². The van der Waals surface area contributed by atoms with Gasteiger partial charge in [-0.05, 0) is 71.5 Å². The maximum atomic E-state index is 11.4. The lowest BCUT2D eigenvalue weighted by atomic mass is 9.81. The van der Waals surface area contributed by atoms with Gasteiger partial charge in [-0.3, -0.25) is 15.0 Å². The Morgan fingerprint density at radius 2 is 1.54 bits per heavy atom. The van der Waals surface area contributed by atoms with Crippen LogP contribution in [-0.2, 0) is 10.3 Å². The Kier molecular flexibility index (Phi) is 5.12. The molecule has 7 heteroatoms. The molecule has 3 aromatic rings. The van der Waals surface area contributed by atoms with E-state index >= 15 is 0 Å². The number of hydrogen-bond donors (Lipinski definition) is 0. The topological polar surface area (TPSA) is 74.1 Å². The average Bonchev–Trinajstić information content (AvgIpc) is 3.44. The van der Waals surface area contributed by atoms with Crippen molar-refractivity contribution < 1.29 is 19.1 Å². The van der Waals surface area contributed by atoms with Gasteiger partial charge in [-0.2, -0.15) is 0 Å². The molecule has 0 N–H and O–H groups in total. The number of hydrogen-bond acceptors (Lipinski definition) is 6. The van der Waals surface area contributed by atoms with Crippen LogP contribution >= 0.6 is 0 Å². The van der Waals surface area contributed by atoms with Gasteiger partial charge in [0.05, 0.1) is 23.7 Å². The van der Waals surface area contributed by atoms with E-state index in [2.05, 4.69) is 55.1 Å². The monoisotopic (exact) mass is 470 g/mol. The van der Waals surface area contributed by atoms with E-state index in [1.54, 1.807) is 12.1 Å². The molecule has 0 aromatic heterocycles. The van der Waals surface area contributed by atoms with Gasteiger partial charge in [0.15, 0.2) is 11.5 Å².